The topological polar surface area (TPSA) is 120 Å². The zero-order valence-electron chi connectivity index (χ0n) is 72.4. The molecule has 20 aromatic rings. The summed E-state index contributed by atoms with van der Waals surface area (Å²) in [6, 6.07) is 76.7. The Morgan fingerprint density at radius 2 is 0.605 bits per heavy atom. The normalized spacial score (nSPS) is 11.7. The molecule has 0 fully saturated rings. The average Bonchev–Trinajstić information content (AvgIpc) is 1.57. The molecular formula is C108H96F4N8O4+4. The molecular weight excluding hydrogens is 1550 g/mol. The van der Waals surface area contributed by atoms with Crippen LogP contribution in [0.4, 0.5) is 17.6 Å². The molecule has 0 N–H and O–H groups in total. The van der Waals surface area contributed by atoms with Gasteiger partial charge in [-0.3, -0.25) is 0 Å². The molecule has 16 heteroatoms. The molecule has 0 saturated heterocycles. The second-order valence-electron chi connectivity index (χ2n) is 33.5. The zero-order valence-corrected chi connectivity index (χ0v) is 72.4. The number of aromatic nitrogens is 8. The predicted molar refractivity (Wildman–Crippen MR) is 489 cm³/mol. The summed E-state index contributed by atoms with van der Waals surface area (Å²) in [5.41, 5.74) is 28.9. The molecule has 0 radical (unpaired) electrons. The lowest BCUT2D eigenvalue weighted by atomic mass is 9.94. The minimum absolute atomic E-state index is 0.224. The number of rotatable bonds is 12. The molecule has 12 heterocycles. The molecule has 124 heavy (non-hydrogen) atoms. The lowest BCUT2D eigenvalue weighted by Crippen LogP contribution is -2.31. The summed E-state index contributed by atoms with van der Waals surface area (Å²) in [7, 11) is 8.00. The maximum atomic E-state index is 14.5. The predicted octanol–water partition coefficient (Wildman–Crippen LogP) is 26.8. The third-order valence-electron chi connectivity index (χ3n) is 23.6. The van der Waals surface area contributed by atoms with Gasteiger partial charge in [-0.1, -0.05) is 165 Å². The van der Waals surface area contributed by atoms with Gasteiger partial charge in [0.25, 0.3) is 0 Å². The summed E-state index contributed by atoms with van der Waals surface area (Å²) in [4.78, 5) is 19.0. The van der Waals surface area contributed by atoms with Crippen molar-refractivity contribution in [3.8, 4) is 89.5 Å². The zero-order chi connectivity index (χ0) is 86.8. The van der Waals surface area contributed by atoms with E-state index in [2.05, 4.69) is 195 Å². The second kappa shape index (κ2) is 33.7. The van der Waals surface area contributed by atoms with Crippen molar-refractivity contribution in [2.45, 2.75) is 107 Å². The van der Waals surface area contributed by atoms with Crippen LogP contribution in [0.3, 0.4) is 0 Å². The van der Waals surface area contributed by atoms with Crippen molar-refractivity contribution >= 4 is 88.3 Å². The van der Waals surface area contributed by atoms with E-state index in [-0.39, 0.29) is 23.3 Å². The fourth-order valence-electron chi connectivity index (χ4n) is 16.7. The van der Waals surface area contributed by atoms with E-state index in [1.165, 1.54) is 24.3 Å². The van der Waals surface area contributed by atoms with Crippen LogP contribution in [0.1, 0.15) is 124 Å². The minimum Gasteiger partial charge on any atom is -0.437 e. The van der Waals surface area contributed by atoms with Gasteiger partial charge in [0.05, 0.1) is 27.8 Å². The Bertz CT molecular complexity index is 7580. The highest BCUT2D eigenvalue weighted by Gasteiger charge is 2.30. The lowest BCUT2D eigenvalue weighted by Gasteiger charge is -2.10. The van der Waals surface area contributed by atoms with Gasteiger partial charge in [0.1, 0.15) is 51.5 Å². The summed E-state index contributed by atoms with van der Waals surface area (Å²) >= 11 is 0. The molecule has 0 aliphatic carbocycles. The number of aryl methyl sites for hydroxylation is 8. The van der Waals surface area contributed by atoms with Crippen molar-refractivity contribution in [1.29, 1.82) is 0 Å². The van der Waals surface area contributed by atoms with E-state index in [9.17, 15) is 17.6 Å². The van der Waals surface area contributed by atoms with Crippen LogP contribution in [0, 0.1) is 51.0 Å². The summed E-state index contributed by atoms with van der Waals surface area (Å²) in [6.45, 7) is 25.3. The summed E-state index contributed by atoms with van der Waals surface area (Å²) in [5, 5.41) is 8.23. The van der Waals surface area contributed by atoms with Crippen molar-refractivity contribution in [3.05, 3.63) is 336 Å². The standard InChI is InChI=1S/4C27H24FN2O/c1-16(2)23-13-12-22-21-11-10-17(3)24(26(21)31-27(22)29-23)25-20(9-6-14-30(25)4)18-7-5-8-19(28)15-18;1-16(2)23-11-10-22-21-9-8-17(3)25(26(21)31-27(22)29-23)24-15-19(12-13-30(24)4)18-6-5-7-20(28)14-18;1-16(2)23-13-12-21-20-11-9-17(3)25(26(20)31-27(21)29-23)24-14-10-18(15-30(24)4)19-7-5-6-8-22(19)28;1-16(2)23-12-11-21-20-10-9-17(3)25(26(20)31-27(21)29-23)24-15-18(13-14-30(24)4)19-7-5-6-8-22(19)28/h4*5-16H,1-4H3/q4*+1. The molecule has 0 aliphatic rings. The lowest BCUT2D eigenvalue weighted by molar-refractivity contribution is -0.660. The molecule has 0 spiro atoms. The molecule has 0 atom stereocenters. The van der Waals surface area contributed by atoms with Gasteiger partial charge in [-0.15, -0.1) is 0 Å². The molecule has 0 unspecified atom stereocenters. The maximum Gasteiger partial charge on any atom is 0.227 e. The first-order valence-corrected chi connectivity index (χ1v) is 42.1. The number of hydrogen-bond acceptors (Lipinski definition) is 8. The van der Waals surface area contributed by atoms with Crippen LogP contribution < -0.4 is 18.3 Å². The number of fused-ring (bicyclic) bond motifs is 12. The smallest absolute Gasteiger partial charge is 0.227 e. The van der Waals surface area contributed by atoms with Crippen molar-refractivity contribution in [3.63, 3.8) is 0 Å². The monoisotopic (exact) mass is 1640 g/mol. The maximum absolute atomic E-state index is 14.5. The molecule has 20 rings (SSSR count). The van der Waals surface area contributed by atoms with Gasteiger partial charge in [0, 0.05) is 119 Å². The Labute approximate surface area is 717 Å². The van der Waals surface area contributed by atoms with Gasteiger partial charge < -0.3 is 17.7 Å². The number of furan rings is 4. The van der Waals surface area contributed by atoms with Crippen LogP contribution in [-0.2, 0) is 28.2 Å². The number of hydrogen-bond donors (Lipinski definition) is 0. The summed E-state index contributed by atoms with van der Waals surface area (Å²) in [6.07, 6.45) is 7.94. The molecule has 0 saturated carbocycles. The van der Waals surface area contributed by atoms with E-state index in [4.69, 9.17) is 37.6 Å². The fourth-order valence-corrected chi connectivity index (χ4v) is 16.7. The molecule has 0 bridgehead atoms. The van der Waals surface area contributed by atoms with Gasteiger partial charge in [-0.05, 0) is 193 Å². The highest BCUT2D eigenvalue weighted by atomic mass is 19.1. The average molecular weight is 1650 g/mol. The van der Waals surface area contributed by atoms with E-state index in [1.54, 1.807) is 48.5 Å². The SMILES string of the molecule is Cc1ccc2c(oc3nc(C(C)C)ccc32)c1-c1c(-c2cccc(F)c2)ccc[n+]1C.Cc1ccc2c(oc3nc(C(C)C)ccc32)c1-c1cc(-c2cccc(F)c2)cc[n+]1C.Cc1ccc2c(oc3nc(C(C)C)ccc32)c1-c1cc(-c2ccccc2F)cc[n+]1C.Cc1ccc2c(oc3nc(C(C)C)ccc32)c1-c1ccc(-c2ccccc2F)c[n+]1C. The molecule has 12 nitrogen and oxygen atoms in total. The second-order valence-corrected chi connectivity index (χ2v) is 33.5. The van der Waals surface area contributed by atoms with Crippen molar-refractivity contribution in [1.82, 2.24) is 19.9 Å². The van der Waals surface area contributed by atoms with Crippen molar-refractivity contribution in [2.75, 3.05) is 0 Å². The van der Waals surface area contributed by atoms with Gasteiger partial charge >= 0.3 is 0 Å². The molecule has 0 amide bonds. The van der Waals surface area contributed by atoms with Gasteiger partial charge in [-0.2, -0.15) is 0 Å². The van der Waals surface area contributed by atoms with Crippen LogP contribution >= 0.6 is 0 Å². The van der Waals surface area contributed by atoms with E-state index < -0.39 is 0 Å². The van der Waals surface area contributed by atoms with E-state index in [1.807, 2.05) is 129 Å². The Kier molecular flexibility index (Phi) is 22.3. The number of halogens is 4. The quantitative estimate of drug-likeness (QED) is 0.0876. The summed E-state index contributed by atoms with van der Waals surface area (Å²) in [5.74, 6) is 0.375. The number of benzene rings is 8. The van der Waals surface area contributed by atoms with Gasteiger partial charge in [0.2, 0.25) is 45.6 Å². The van der Waals surface area contributed by atoms with Crippen molar-refractivity contribution in [2.24, 2.45) is 28.2 Å². The fraction of sp³-hybridized carbons (Fsp3) is 0.185. The molecule has 616 valence electrons. The number of nitrogens with zero attached hydrogens (tertiary/aromatic N) is 8. The van der Waals surface area contributed by atoms with Crippen LogP contribution in [0.25, 0.3) is 178 Å². The highest BCUT2D eigenvalue weighted by molar-refractivity contribution is 6.12. The highest BCUT2D eigenvalue weighted by Crippen LogP contribution is 2.45. The Morgan fingerprint density at radius 3 is 1.02 bits per heavy atom. The first-order valence-electron chi connectivity index (χ1n) is 42.1. The van der Waals surface area contributed by atoms with Crippen LogP contribution in [0.5, 0.6) is 0 Å². The minimum atomic E-state index is -0.251. The van der Waals surface area contributed by atoms with Gasteiger partial charge in [0.15, 0.2) is 47.1 Å². The van der Waals surface area contributed by atoms with Crippen LogP contribution in [0.2, 0.25) is 0 Å². The molecule has 8 aromatic carbocycles. The largest absolute Gasteiger partial charge is 0.437 e. The van der Waals surface area contributed by atoms with Gasteiger partial charge in [-0.25, -0.2) is 55.8 Å². The van der Waals surface area contributed by atoms with Crippen LogP contribution in [-0.4, -0.2) is 19.9 Å². The third kappa shape index (κ3) is 15.6. The first kappa shape index (κ1) is 82.2. The summed E-state index contributed by atoms with van der Waals surface area (Å²) < 4.78 is 90.2. The molecule has 0 aliphatic heterocycles. The Balaban J connectivity index is 0.000000117. The van der Waals surface area contributed by atoms with E-state index in [0.717, 1.165) is 189 Å². The number of pyridine rings is 8. The Hall–Kier alpha value is -14.1. The van der Waals surface area contributed by atoms with E-state index >= 15 is 0 Å². The third-order valence-corrected chi connectivity index (χ3v) is 23.6. The van der Waals surface area contributed by atoms with Crippen LogP contribution in [0.15, 0.2) is 285 Å². The van der Waals surface area contributed by atoms with Crippen molar-refractivity contribution < 1.29 is 53.5 Å². The van der Waals surface area contributed by atoms with E-state index in [0.29, 0.717) is 57.7 Å². The Morgan fingerprint density at radius 1 is 0.266 bits per heavy atom. The first-order chi connectivity index (χ1) is 59.7. The molecule has 12 aromatic heterocycles.